The standard InChI is InChI=1S/C25H29N5O3S.C2HF3O2/c1-18-3-6-24(19(2)15-18)34(32,33)29-22-16-21(4-5-23(22)30-13-11-27-12-14-30)25(31)28-17-20-7-9-26-10-8-20;3-2(4,5)1(6)7/h3-10,15-16,27,29H,11-14,17H2,1-2H3,(H,28,31);(H,6,7). The highest BCUT2D eigenvalue weighted by molar-refractivity contribution is 7.92. The van der Waals surface area contributed by atoms with Crippen LogP contribution in [-0.4, -0.2) is 62.7 Å². The van der Waals surface area contributed by atoms with Gasteiger partial charge in [-0.25, -0.2) is 13.2 Å². The zero-order valence-electron chi connectivity index (χ0n) is 22.3. The summed E-state index contributed by atoms with van der Waals surface area (Å²) < 4.78 is 61.1. The molecule has 220 valence electrons. The zero-order valence-corrected chi connectivity index (χ0v) is 23.1. The molecule has 3 aromatic rings. The van der Waals surface area contributed by atoms with Gasteiger partial charge in [0, 0.05) is 50.7 Å². The fourth-order valence-corrected chi connectivity index (χ4v) is 5.32. The number of carboxylic acid groups (broad SMARTS) is 1. The first-order chi connectivity index (χ1) is 19.3. The van der Waals surface area contributed by atoms with E-state index in [2.05, 4.69) is 25.2 Å². The fourth-order valence-electron chi connectivity index (χ4n) is 4.03. The number of amides is 1. The Morgan fingerprint density at radius 1 is 1.02 bits per heavy atom. The Kier molecular flexibility index (Phi) is 10.3. The summed E-state index contributed by atoms with van der Waals surface area (Å²) in [4.78, 5) is 28.1. The maximum Gasteiger partial charge on any atom is 0.490 e. The van der Waals surface area contributed by atoms with Crippen molar-refractivity contribution in [3.8, 4) is 0 Å². The number of carbonyl (C=O) groups excluding carboxylic acids is 1. The van der Waals surface area contributed by atoms with Crippen LogP contribution in [-0.2, 0) is 21.4 Å². The Bertz CT molecular complexity index is 1480. The number of piperazine rings is 1. The van der Waals surface area contributed by atoms with Gasteiger partial charge in [-0.1, -0.05) is 17.7 Å². The summed E-state index contributed by atoms with van der Waals surface area (Å²) in [6.45, 7) is 7.15. The van der Waals surface area contributed by atoms with Crippen LogP contribution in [0.2, 0.25) is 0 Å². The monoisotopic (exact) mass is 593 g/mol. The number of anilines is 2. The summed E-state index contributed by atoms with van der Waals surface area (Å²) in [5, 5.41) is 13.3. The number of sulfonamides is 1. The van der Waals surface area contributed by atoms with E-state index in [1.165, 1.54) is 0 Å². The lowest BCUT2D eigenvalue weighted by Crippen LogP contribution is -2.43. The molecule has 2 heterocycles. The molecule has 4 N–H and O–H groups in total. The molecule has 0 bridgehead atoms. The normalized spacial score (nSPS) is 13.5. The Morgan fingerprint density at radius 2 is 1.66 bits per heavy atom. The van der Waals surface area contributed by atoms with Crippen molar-refractivity contribution >= 4 is 33.3 Å². The van der Waals surface area contributed by atoms with Crippen LogP contribution >= 0.6 is 0 Å². The second-order valence-electron chi connectivity index (χ2n) is 9.18. The summed E-state index contributed by atoms with van der Waals surface area (Å²) in [6.07, 6.45) is -1.74. The second kappa shape index (κ2) is 13.5. The molecule has 0 unspecified atom stereocenters. The van der Waals surface area contributed by atoms with Gasteiger partial charge in [0.2, 0.25) is 0 Å². The highest BCUT2D eigenvalue weighted by atomic mass is 32.2. The predicted molar refractivity (Wildman–Crippen MR) is 147 cm³/mol. The van der Waals surface area contributed by atoms with E-state index in [0.717, 1.165) is 43.0 Å². The number of halogens is 3. The van der Waals surface area contributed by atoms with Gasteiger partial charge in [-0.3, -0.25) is 14.5 Å². The van der Waals surface area contributed by atoms with Crippen LogP contribution in [0.5, 0.6) is 0 Å². The molecular weight excluding hydrogens is 563 g/mol. The van der Waals surface area contributed by atoms with Crippen LogP contribution in [0.25, 0.3) is 0 Å². The van der Waals surface area contributed by atoms with Crippen molar-refractivity contribution in [2.45, 2.75) is 31.5 Å². The number of alkyl halides is 3. The first kappa shape index (κ1) is 31.4. The molecule has 0 saturated carbocycles. The van der Waals surface area contributed by atoms with Crippen LogP contribution < -0.4 is 20.3 Å². The predicted octanol–water partition coefficient (Wildman–Crippen LogP) is 3.47. The second-order valence-corrected chi connectivity index (χ2v) is 10.8. The Morgan fingerprint density at radius 3 is 2.24 bits per heavy atom. The third kappa shape index (κ3) is 8.91. The number of pyridine rings is 1. The van der Waals surface area contributed by atoms with Crippen molar-refractivity contribution < 1.29 is 36.3 Å². The lowest BCUT2D eigenvalue weighted by Gasteiger charge is -2.31. The summed E-state index contributed by atoms with van der Waals surface area (Å²) in [6, 6.07) is 14.1. The minimum absolute atomic E-state index is 0.219. The summed E-state index contributed by atoms with van der Waals surface area (Å²) in [5.41, 5.74) is 4.11. The molecule has 0 aliphatic carbocycles. The number of aromatic nitrogens is 1. The molecule has 1 fully saturated rings. The van der Waals surface area contributed by atoms with Crippen molar-refractivity contribution in [1.82, 2.24) is 15.6 Å². The number of aryl methyl sites for hydroxylation is 2. The van der Waals surface area contributed by atoms with E-state index >= 15 is 0 Å². The number of carboxylic acids is 1. The number of hydrogen-bond acceptors (Lipinski definition) is 7. The van der Waals surface area contributed by atoms with Crippen molar-refractivity contribution in [2.24, 2.45) is 0 Å². The van der Waals surface area contributed by atoms with Crippen molar-refractivity contribution in [2.75, 3.05) is 35.8 Å². The largest absolute Gasteiger partial charge is 0.490 e. The first-order valence-corrected chi connectivity index (χ1v) is 13.9. The highest BCUT2D eigenvalue weighted by Crippen LogP contribution is 2.31. The van der Waals surface area contributed by atoms with Gasteiger partial charge in [-0.15, -0.1) is 0 Å². The molecule has 1 amide bonds. The molecule has 1 aliphatic rings. The molecular formula is C27H30F3N5O5S. The SMILES string of the molecule is Cc1ccc(S(=O)(=O)Nc2cc(C(=O)NCc3ccncc3)ccc2N2CCNCC2)c(C)c1.O=C(O)C(F)(F)F. The molecule has 0 spiro atoms. The topological polar surface area (TPSA) is 141 Å². The van der Waals surface area contributed by atoms with Crippen molar-refractivity contribution in [3.63, 3.8) is 0 Å². The van der Waals surface area contributed by atoms with Gasteiger partial charge >= 0.3 is 12.1 Å². The first-order valence-electron chi connectivity index (χ1n) is 12.4. The Balaban J connectivity index is 0.000000587. The van der Waals surface area contributed by atoms with E-state index in [1.54, 1.807) is 43.6 Å². The summed E-state index contributed by atoms with van der Waals surface area (Å²) in [5.74, 6) is -3.04. The van der Waals surface area contributed by atoms with Gasteiger partial charge < -0.3 is 20.6 Å². The molecule has 0 atom stereocenters. The van der Waals surface area contributed by atoms with E-state index in [-0.39, 0.29) is 10.8 Å². The lowest BCUT2D eigenvalue weighted by molar-refractivity contribution is -0.192. The fraction of sp³-hybridized carbons (Fsp3) is 0.296. The molecule has 14 heteroatoms. The number of hydrogen-bond donors (Lipinski definition) is 4. The molecule has 1 aromatic heterocycles. The van der Waals surface area contributed by atoms with Gasteiger partial charge in [0.05, 0.1) is 16.3 Å². The van der Waals surface area contributed by atoms with Crippen molar-refractivity contribution in [3.05, 3.63) is 83.2 Å². The smallest absolute Gasteiger partial charge is 0.475 e. The third-order valence-electron chi connectivity index (χ3n) is 6.03. The molecule has 2 aromatic carbocycles. The molecule has 4 rings (SSSR count). The number of nitrogens with zero attached hydrogens (tertiary/aromatic N) is 2. The molecule has 1 saturated heterocycles. The minimum atomic E-state index is -5.08. The number of rotatable bonds is 7. The number of aliphatic carboxylic acids is 1. The van der Waals surface area contributed by atoms with Crippen LogP contribution in [0.4, 0.5) is 24.5 Å². The Labute approximate surface area is 235 Å². The van der Waals surface area contributed by atoms with E-state index in [9.17, 15) is 26.4 Å². The van der Waals surface area contributed by atoms with Crippen LogP contribution in [0.1, 0.15) is 27.0 Å². The molecule has 10 nitrogen and oxygen atoms in total. The number of benzene rings is 2. The average Bonchev–Trinajstić information content (AvgIpc) is 2.92. The van der Waals surface area contributed by atoms with E-state index in [0.29, 0.717) is 23.4 Å². The molecule has 41 heavy (non-hydrogen) atoms. The quantitative estimate of drug-likeness (QED) is 0.327. The average molecular weight is 594 g/mol. The number of carbonyl (C=O) groups is 2. The summed E-state index contributed by atoms with van der Waals surface area (Å²) >= 11 is 0. The maximum absolute atomic E-state index is 13.3. The molecule has 1 aliphatic heterocycles. The highest BCUT2D eigenvalue weighted by Gasteiger charge is 2.38. The Hall–Kier alpha value is -4.17. The van der Waals surface area contributed by atoms with Gasteiger partial charge in [-0.05, 0) is 61.4 Å². The van der Waals surface area contributed by atoms with E-state index < -0.39 is 22.2 Å². The van der Waals surface area contributed by atoms with Gasteiger partial charge in [-0.2, -0.15) is 13.2 Å². The van der Waals surface area contributed by atoms with Gasteiger partial charge in [0.25, 0.3) is 15.9 Å². The van der Waals surface area contributed by atoms with Gasteiger partial charge in [0.15, 0.2) is 0 Å². The van der Waals surface area contributed by atoms with Crippen LogP contribution in [0.15, 0.2) is 65.8 Å². The van der Waals surface area contributed by atoms with Gasteiger partial charge in [0.1, 0.15) is 0 Å². The van der Waals surface area contributed by atoms with E-state index in [4.69, 9.17) is 9.90 Å². The van der Waals surface area contributed by atoms with E-state index in [1.807, 2.05) is 31.2 Å². The third-order valence-corrected chi connectivity index (χ3v) is 7.55. The van der Waals surface area contributed by atoms with Crippen molar-refractivity contribution in [1.29, 1.82) is 0 Å². The lowest BCUT2D eigenvalue weighted by atomic mass is 10.1. The minimum Gasteiger partial charge on any atom is -0.475 e. The summed E-state index contributed by atoms with van der Waals surface area (Å²) in [7, 11) is -3.85. The number of nitrogens with one attached hydrogen (secondary N) is 3. The molecule has 0 radical (unpaired) electrons. The zero-order chi connectivity index (χ0) is 30.2. The maximum atomic E-state index is 13.3. The van der Waals surface area contributed by atoms with Crippen LogP contribution in [0.3, 0.4) is 0 Å². The van der Waals surface area contributed by atoms with Crippen LogP contribution in [0, 0.1) is 13.8 Å².